The molecular weight excluding hydrogens is 504 g/mol. The van der Waals surface area contributed by atoms with Gasteiger partial charge in [-0.15, -0.1) is 0 Å². The average Bonchev–Trinajstić information content (AvgIpc) is 3.28. The molecule has 0 saturated heterocycles. The Morgan fingerprint density at radius 3 is 2.54 bits per heavy atom. The Morgan fingerprint density at radius 2 is 1.79 bits per heavy atom. The fourth-order valence-corrected chi connectivity index (χ4v) is 4.29. The number of halogens is 2. The SMILES string of the molecule is COCCn1c(Cc2ccc(-c3cccc(OCc4ccc(F)cc4)n3)cc2F)nc2ccc(C(=O)O)cc21. The molecule has 2 heterocycles. The second-order valence-electron chi connectivity index (χ2n) is 8.94. The van der Waals surface area contributed by atoms with Gasteiger partial charge in [0, 0.05) is 31.7 Å². The molecule has 2 aromatic heterocycles. The van der Waals surface area contributed by atoms with E-state index in [1.54, 1.807) is 61.7 Å². The molecule has 39 heavy (non-hydrogen) atoms. The fraction of sp³-hybridized carbons (Fsp3) is 0.167. The van der Waals surface area contributed by atoms with Gasteiger partial charge in [-0.25, -0.2) is 23.5 Å². The summed E-state index contributed by atoms with van der Waals surface area (Å²) in [5.74, 6) is -0.787. The van der Waals surface area contributed by atoms with Crippen LogP contribution in [-0.2, 0) is 24.3 Å². The largest absolute Gasteiger partial charge is 0.478 e. The molecule has 0 spiro atoms. The lowest BCUT2D eigenvalue weighted by Crippen LogP contribution is -2.10. The normalized spacial score (nSPS) is 11.2. The molecule has 0 aliphatic carbocycles. The van der Waals surface area contributed by atoms with E-state index in [0.717, 1.165) is 5.56 Å². The molecule has 0 radical (unpaired) electrons. The van der Waals surface area contributed by atoms with Crippen molar-refractivity contribution in [1.82, 2.24) is 14.5 Å². The molecule has 1 N–H and O–H groups in total. The molecule has 0 unspecified atom stereocenters. The van der Waals surface area contributed by atoms with E-state index in [0.29, 0.717) is 52.7 Å². The lowest BCUT2D eigenvalue weighted by molar-refractivity contribution is 0.0697. The second-order valence-corrected chi connectivity index (χ2v) is 8.94. The number of methoxy groups -OCH3 is 1. The number of hydrogen-bond donors (Lipinski definition) is 1. The summed E-state index contributed by atoms with van der Waals surface area (Å²) in [6, 6.07) is 20.9. The first kappa shape index (κ1) is 26.0. The Hall–Kier alpha value is -4.63. The van der Waals surface area contributed by atoms with Crippen molar-refractivity contribution >= 4 is 17.0 Å². The summed E-state index contributed by atoms with van der Waals surface area (Å²) in [5, 5.41) is 9.39. The average molecular weight is 530 g/mol. The maximum Gasteiger partial charge on any atom is 0.335 e. The number of carboxylic acids is 1. The highest BCUT2D eigenvalue weighted by atomic mass is 19.1. The number of hydrogen-bond acceptors (Lipinski definition) is 5. The highest BCUT2D eigenvalue weighted by molar-refractivity contribution is 5.92. The third-order valence-corrected chi connectivity index (χ3v) is 6.31. The van der Waals surface area contributed by atoms with Crippen molar-refractivity contribution < 1.29 is 28.2 Å². The molecule has 0 saturated carbocycles. The summed E-state index contributed by atoms with van der Waals surface area (Å²) in [4.78, 5) is 20.6. The van der Waals surface area contributed by atoms with Gasteiger partial charge in [-0.2, -0.15) is 0 Å². The monoisotopic (exact) mass is 529 g/mol. The molecule has 0 bridgehead atoms. The first-order valence-electron chi connectivity index (χ1n) is 12.3. The van der Waals surface area contributed by atoms with Crippen LogP contribution in [0.15, 0.2) is 78.9 Å². The van der Waals surface area contributed by atoms with Crippen LogP contribution in [0.2, 0.25) is 0 Å². The number of carbonyl (C=O) groups is 1. The van der Waals surface area contributed by atoms with Gasteiger partial charge in [-0.3, -0.25) is 0 Å². The minimum absolute atomic E-state index is 0.152. The predicted octanol–water partition coefficient (Wildman–Crippen LogP) is 5.89. The minimum atomic E-state index is -1.03. The maximum absolute atomic E-state index is 15.3. The van der Waals surface area contributed by atoms with Crippen LogP contribution in [0.1, 0.15) is 27.3 Å². The van der Waals surface area contributed by atoms with Crippen LogP contribution >= 0.6 is 0 Å². The molecule has 9 heteroatoms. The number of pyridine rings is 1. The number of carboxylic acid groups (broad SMARTS) is 1. The molecule has 0 fully saturated rings. The fourth-order valence-electron chi connectivity index (χ4n) is 4.29. The molecular formula is C30H25F2N3O4. The number of nitrogens with zero attached hydrogens (tertiary/aromatic N) is 3. The summed E-state index contributed by atoms with van der Waals surface area (Å²) in [7, 11) is 1.58. The molecule has 0 amide bonds. The summed E-state index contributed by atoms with van der Waals surface area (Å²) in [6.45, 7) is 1.06. The van der Waals surface area contributed by atoms with Gasteiger partial charge in [0.1, 0.15) is 24.1 Å². The van der Waals surface area contributed by atoms with Gasteiger partial charge < -0.3 is 19.1 Å². The summed E-state index contributed by atoms with van der Waals surface area (Å²) in [5.41, 5.74) is 3.81. The zero-order valence-corrected chi connectivity index (χ0v) is 21.1. The Kier molecular flexibility index (Phi) is 7.60. The van der Waals surface area contributed by atoms with Gasteiger partial charge in [0.25, 0.3) is 0 Å². The van der Waals surface area contributed by atoms with Crippen molar-refractivity contribution in [2.75, 3.05) is 13.7 Å². The van der Waals surface area contributed by atoms with E-state index in [1.165, 1.54) is 24.3 Å². The van der Waals surface area contributed by atoms with E-state index in [1.807, 2.05) is 4.57 Å². The van der Waals surface area contributed by atoms with Gasteiger partial charge >= 0.3 is 5.97 Å². The van der Waals surface area contributed by atoms with Crippen LogP contribution in [0.3, 0.4) is 0 Å². The Labute approximate surface area is 223 Å². The van der Waals surface area contributed by atoms with Gasteiger partial charge in [-0.1, -0.05) is 30.3 Å². The third kappa shape index (κ3) is 5.94. The van der Waals surface area contributed by atoms with Crippen molar-refractivity contribution in [1.29, 1.82) is 0 Å². The van der Waals surface area contributed by atoms with Crippen LogP contribution in [0.25, 0.3) is 22.3 Å². The number of rotatable bonds is 10. The second kappa shape index (κ2) is 11.4. The lowest BCUT2D eigenvalue weighted by Gasteiger charge is -2.11. The topological polar surface area (TPSA) is 86.5 Å². The van der Waals surface area contributed by atoms with Crippen molar-refractivity contribution in [3.63, 3.8) is 0 Å². The number of benzene rings is 3. The number of imidazole rings is 1. The Morgan fingerprint density at radius 1 is 0.974 bits per heavy atom. The summed E-state index contributed by atoms with van der Waals surface area (Å²) < 4.78 is 41.2. The number of aromatic nitrogens is 3. The van der Waals surface area contributed by atoms with E-state index < -0.39 is 11.8 Å². The molecule has 5 aromatic rings. The lowest BCUT2D eigenvalue weighted by atomic mass is 10.1. The molecule has 3 aromatic carbocycles. The van der Waals surface area contributed by atoms with E-state index in [-0.39, 0.29) is 24.4 Å². The standard InChI is InChI=1S/C30H25F2N3O4/c1-38-14-13-35-27-16-22(30(36)37)9-12-26(27)33-28(35)17-20-7-8-21(15-24(20)32)25-3-2-4-29(34-25)39-18-19-5-10-23(31)11-6-19/h2-12,15-16H,13-14,17-18H2,1H3,(H,36,37). The number of ether oxygens (including phenoxy) is 2. The number of aromatic carboxylic acids is 1. The maximum atomic E-state index is 15.3. The van der Waals surface area contributed by atoms with Gasteiger partial charge in [0.05, 0.1) is 28.9 Å². The zero-order chi connectivity index (χ0) is 27.4. The van der Waals surface area contributed by atoms with Crippen molar-refractivity contribution in [3.8, 4) is 17.1 Å². The zero-order valence-electron chi connectivity index (χ0n) is 21.1. The summed E-state index contributed by atoms with van der Waals surface area (Å²) in [6.07, 6.45) is 0.209. The van der Waals surface area contributed by atoms with Crippen molar-refractivity contribution in [3.05, 3.63) is 113 Å². The van der Waals surface area contributed by atoms with Crippen molar-refractivity contribution in [2.45, 2.75) is 19.6 Å². The van der Waals surface area contributed by atoms with Crippen LogP contribution in [0.5, 0.6) is 5.88 Å². The van der Waals surface area contributed by atoms with Crippen molar-refractivity contribution in [2.24, 2.45) is 0 Å². The van der Waals surface area contributed by atoms with Crippen LogP contribution in [0.4, 0.5) is 8.78 Å². The Balaban J connectivity index is 1.37. The summed E-state index contributed by atoms with van der Waals surface area (Å²) >= 11 is 0. The van der Waals surface area contributed by atoms with E-state index in [2.05, 4.69) is 9.97 Å². The third-order valence-electron chi connectivity index (χ3n) is 6.31. The Bertz CT molecular complexity index is 1630. The van der Waals surface area contributed by atoms with Crippen LogP contribution in [0, 0.1) is 11.6 Å². The quantitative estimate of drug-likeness (QED) is 0.243. The minimum Gasteiger partial charge on any atom is -0.478 e. The van der Waals surface area contributed by atoms with E-state index in [4.69, 9.17) is 9.47 Å². The van der Waals surface area contributed by atoms with E-state index in [9.17, 15) is 14.3 Å². The van der Waals surface area contributed by atoms with Gasteiger partial charge in [0.15, 0.2) is 0 Å². The number of fused-ring (bicyclic) bond motifs is 1. The smallest absolute Gasteiger partial charge is 0.335 e. The van der Waals surface area contributed by atoms with Gasteiger partial charge in [0.2, 0.25) is 5.88 Å². The predicted molar refractivity (Wildman–Crippen MR) is 142 cm³/mol. The van der Waals surface area contributed by atoms with E-state index >= 15 is 4.39 Å². The molecule has 0 aliphatic heterocycles. The highest BCUT2D eigenvalue weighted by Crippen LogP contribution is 2.26. The van der Waals surface area contributed by atoms with Gasteiger partial charge in [-0.05, 0) is 53.6 Å². The highest BCUT2D eigenvalue weighted by Gasteiger charge is 2.16. The molecule has 198 valence electrons. The molecule has 7 nitrogen and oxygen atoms in total. The molecule has 0 atom stereocenters. The molecule has 5 rings (SSSR count). The van der Waals surface area contributed by atoms with Crippen LogP contribution in [-0.4, -0.2) is 39.3 Å². The first-order chi connectivity index (χ1) is 18.9. The first-order valence-corrected chi connectivity index (χ1v) is 12.3. The molecule has 0 aliphatic rings. The van der Waals surface area contributed by atoms with Crippen LogP contribution < -0.4 is 4.74 Å².